The molecular formula is C21H25F3N4O. The smallest absolute Gasteiger partial charge is 0.363 e. The molecule has 0 unspecified atom stereocenters. The molecule has 0 spiro atoms. The molecule has 2 aromatic rings. The lowest BCUT2D eigenvalue weighted by Gasteiger charge is -2.35. The molecule has 3 heterocycles. The Morgan fingerprint density at radius 2 is 1.83 bits per heavy atom. The predicted molar refractivity (Wildman–Crippen MR) is 104 cm³/mol. The molecule has 156 valence electrons. The number of piperidine rings is 1. The zero-order chi connectivity index (χ0) is 20.8. The fourth-order valence-corrected chi connectivity index (χ4v) is 4.12. The van der Waals surface area contributed by atoms with Crippen LogP contribution in [0.5, 0.6) is 0 Å². The third-order valence-corrected chi connectivity index (χ3v) is 6.02. The van der Waals surface area contributed by atoms with Gasteiger partial charge in [0.15, 0.2) is 6.04 Å². The highest BCUT2D eigenvalue weighted by Crippen LogP contribution is 2.44. The van der Waals surface area contributed by atoms with Gasteiger partial charge in [0, 0.05) is 19.5 Å². The highest BCUT2D eigenvalue weighted by molar-refractivity contribution is 5.99. The van der Waals surface area contributed by atoms with Crippen LogP contribution >= 0.6 is 0 Å². The maximum Gasteiger partial charge on any atom is 0.410 e. The number of anilines is 1. The lowest BCUT2D eigenvalue weighted by Crippen LogP contribution is -2.39. The third kappa shape index (κ3) is 3.84. The van der Waals surface area contributed by atoms with Gasteiger partial charge in [0.25, 0.3) is 5.91 Å². The Bertz CT molecular complexity index is 882. The van der Waals surface area contributed by atoms with E-state index in [2.05, 4.69) is 17.3 Å². The number of likely N-dealkylation sites (tertiary alicyclic amines) is 1. The van der Waals surface area contributed by atoms with Crippen molar-refractivity contribution in [1.82, 2.24) is 14.7 Å². The molecule has 5 nitrogen and oxygen atoms in total. The van der Waals surface area contributed by atoms with Crippen LogP contribution in [0.2, 0.25) is 0 Å². The van der Waals surface area contributed by atoms with E-state index in [1.807, 2.05) is 31.2 Å². The average Bonchev–Trinajstić information content (AvgIpc) is 3.11. The van der Waals surface area contributed by atoms with Crippen LogP contribution in [0.3, 0.4) is 0 Å². The second-order valence-corrected chi connectivity index (χ2v) is 8.23. The molecule has 29 heavy (non-hydrogen) atoms. The molecule has 0 saturated carbocycles. The Morgan fingerprint density at radius 3 is 2.45 bits per heavy atom. The zero-order valence-electron chi connectivity index (χ0n) is 16.5. The van der Waals surface area contributed by atoms with Crippen molar-refractivity contribution < 1.29 is 18.0 Å². The summed E-state index contributed by atoms with van der Waals surface area (Å²) in [5.41, 5.74) is 2.02. The molecular weight excluding hydrogens is 381 g/mol. The van der Waals surface area contributed by atoms with E-state index < -0.39 is 18.3 Å². The summed E-state index contributed by atoms with van der Waals surface area (Å²) in [6.07, 6.45) is -1.54. The predicted octanol–water partition coefficient (Wildman–Crippen LogP) is 4.72. The molecule has 0 radical (unpaired) electrons. The van der Waals surface area contributed by atoms with Gasteiger partial charge < -0.3 is 10.2 Å². The number of aromatic nitrogens is 2. The van der Waals surface area contributed by atoms with Crippen molar-refractivity contribution in [2.24, 2.45) is 5.92 Å². The molecule has 1 aromatic heterocycles. The minimum atomic E-state index is -4.45. The van der Waals surface area contributed by atoms with Gasteiger partial charge in [-0.25, -0.2) is 4.68 Å². The Kier molecular flexibility index (Phi) is 5.04. The highest BCUT2D eigenvalue weighted by atomic mass is 19.4. The summed E-state index contributed by atoms with van der Waals surface area (Å²) in [6, 6.07) is 5.12. The first-order chi connectivity index (χ1) is 13.7. The number of carbonyl (C=O) groups excluding carboxylic acids is 1. The van der Waals surface area contributed by atoms with Gasteiger partial charge in [-0.3, -0.25) is 4.79 Å². The van der Waals surface area contributed by atoms with Crippen molar-refractivity contribution in [1.29, 1.82) is 0 Å². The van der Waals surface area contributed by atoms with Crippen LogP contribution < -0.4 is 5.32 Å². The number of rotatable bonds is 2. The lowest BCUT2D eigenvalue weighted by atomic mass is 9.95. The zero-order valence-corrected chi connectivity index (χ0v) is 16.5. The number of hydrogen-bond donors (Lipinski definition) is 1. The molecule has 2 aliphatic heterocycles. The minimum Gasteiger partial charge on any atom is -0.363 e. The van der Waals surface area contributed by atoms with Crippen molar-refractivity contribution in [3.05, 3.63) is 47.2 Å². The van der Waals surface area contributed by atoms with Crippen LogP contribution in [0.25, 0.3) is 0 Å². The monoisotopic (exact) mass is 406 g/mol. The number of aryl methyl sites for hydroxylation is 1. The van der Waals surface area contributed by atoms with E-state index in [4.69, 9.17) is 0 Å². The molecule has 0 aliphatic carbocycles. The molecule has 4 rings (SSSR count). The summed E-state index contributed by atoms with van der Waals surface area (Å²) < 4.78 is 42.3. The van der Waals surface area contributed by atoms with Crippen LogP contribution in [0, 0.1) is 12.8 Å². The highest BCUT2D eigenvalue weighted by Gasteiger charge is 2.47. The van der Waals surface area contributed by atoms with Crippen molar-refractivity contribution in [3.8, 4) is 0 Å². The lowest BCUT2D eigenvalue weighted by molar-refractivity contribution is -0.173. The van der Waals surface area contributed by atoms with Gasteiger partial charge in [0.1, 0.15) is 11.4 Å². The fourth-order valence-electron chi connectivity index (χ4n) is 4.12. The maximum atomic E-state index is 13.8. The largest absolute Gasteiger partial charge is 0.410 e. The van der Waals surface area contributed by atoms with Crippen LogP contribution in [0.15, 0.2) is 30.5 Å². The summed E-state index contributed by atoms with van der Waals surface area (Å²) in [5, 5.41) is 7.13. The number of alkyl halides is 3. The Hall–Kier alpha value is -2.51. The SMILES string of the molecule is Cc1ccc([C@@H]2C[C@H](C(F)(F)F)n3ncc(C(=O)N4CCC(C)CC4)c3N2)cc1. The molecule has 1 amide bonds. The van der Waals surface area contributed by atoms with E-state index in [1.165, 1.54) is 6.20 Å². The van der Waals surface area contributed by atoms with Gasteiger partial charge in [-0.1, -0.05) is 36.8 Å². The average molecular weight is 406 g/mol. The molecule has 1 N–H and O–H groups in total. The minimum absolute atomic E-state index is 0.160. The van der Waals surface area contributed by atoms with Crippen LogP contribution in [0.4, 0.5) is 19.0 Å². The fraction of sp³-hybridized carbons (Fsp3) is 0.524. The first-order valence-corrected chi connectivity index (χ1v) is 10.0. The van der Waals surface area contributed by atoms with Crippen LogP contribution in [0.1, 0.15) is 59.8 Å². The van der Waals surface area contributed by atoms with E-state index in [-0.39, 0.29) is 23.7 Å². The molecule has 1 fully saturated rings. The van der Waals surface area contributed by atoms with E-state index in [0.717, 1.165) is 28.7 Å². The summed E-state index contributed by atoms with van der Waals surface area (Å²) in [6.45, 7) is 5.32. The summed E-state index contributed by atoms with van der Waals surface area (Å²) in [5.74, 6) is 0.461. The van der Waals surface area contributed by atoms with Gasteiger partial charge in [-0.15, -0.1) is 0 Å². The maximum absolute atomic E-state index is 13.8. The van der Waals surface area contributed by atoms with Crippen molar-refractivity contribution in [2.75, 3.05) is 18.4 Å². The standard InChI is InChI=1S/C21H25F3N4O/c1-13-3-5-15(6-4-13)17-11-18(21(22,23)24)28-19(26-17)16(12-25-28)20(29)27-9-7-14(2)8-10-27/h3-6,12,14,17-18,26H,7-11H2,1-2H3/t17-,18+/m0/s1. The van der Waals surface area contributed by atoms with E-state index in [9.17, 15) is 18.0 Å². The number of halogens is 3. The first-order valence-electron chi connectivity index (χ1n) is 10.0. The second kappa shape index (κ2) is 7.39. The Labute approximate surface area is 167 Å². The summed E-state index contributed by atoms with van der Waals surface area (Å²) in [4.78, 5) is 14.8. The molecule has 2 atom stereocenters. The van der Waals surface area contributed by atoms with Gasteiger partial charge in [-0.05, 0) is 31.2 Å². The van der Waals surface area contributed by atoms with Gasteiger partial charge >= 0.3 is 6.18 Å². The normalized spacial score (nSPS) is 22.9. The number of nitrogens with zero attached hydrogens (tertiary/aromatic N) is 3. The van der Waals surface area contributed by atoms with Gasteiger partial charge in [-0.2, -0.15) is 18.3 Å². The Balaban J connectivity index is 1.68. The van der Waals surface area contributed by atoms with E-state index in [1.54, 1.807) is 4.90 Å². The van der Waals surface area contributed by atoms with Gasteiger partial charge in [0.2, 0.25) is 0 Å². The third-order valence-electron chi connectivity index (χ3n) is 6.02. The summed E-state index contributed by atoms with van der Waals surface area (Å²) >= 11 is 0. The first kappa shape index (κ1) is 19.8. The molecule has 1 saturated heterocycles. The van der Waals surface area contributed by atoms with E-state index >= 15 is 0 Å². The van der Waals surface area contributed by atoms with Crippen molar-refractivity contribution >= 4 is 11.7 Å². The van der Waals surface area contributed by atoms with Crippen LogP contribution in [-0.4, -0.2) is 39.9 Å². The van der Waals surface area contributed by atoms with Gasteiger partial charge in [0.05, 0.1) is 12.2 Å². The van der Waals surface area contributed by atoms with E-state index in [0.29, 0.717) is 19.0 Å². The Morgan fingerprint density at radius 1 is 1.17 bits per heavy atom. The van der Waals surface area contributed by atoms with Crippen molar-refractivity contribution in [3.63, 3.8) is 0 Å². The quantitative estimate of drug-likeness (QED) is 0.785. The topological polar surface area (TPSA) is 50.2 Å². The number of hydrogen-bond acceptors (Lipinski definition) is 3. The number of fused-ring (bicyclic) bond motifs is 1. The van der Waals surface area contributed by atoms with Crippen molar-refractivity contribution in [2.45, 2.75) is 51.4 Å². The number of nitrogens with one attached hydrogen (secondary N) is 1. The molecule has 1 aromatic carbocycles. The molecule has 2 aliphatic rings. The summed E-state index contributed by atoms with van der Waals surface area (Å²) in [7, 11) is 0. The number of amides is 1. The number of carbonyl (C=O) groups is 1. The molecule has 8 heteroatoms. The number of benzene rings is 1. The molecule has 0 bridgehead atoms. The second-order valence-electron chi connectivity index (χ2n) is 8.23. The van der Waals surface area contributed by atoms with Crippen LogP contribution in [-0.2, 0) is 0 Å².